The van der Waals surface area contributed by atoms with Gasteiger partial charge in [-0.05, 0) is 39.5 Å². The van der Waals surface area contributed by atoms with Crippen molar-refractivity contribution in [3.63, 3.8) is 0 Å². The summed E-state index contributed by atoms with van der Waals surface area (Å²) in [7, 11) is 0. The Hall–Kier alpha value is -0.370. The third-order valence-corrected chi connectivity index (χ3v) is 4.72. The van der Waals surface area contributed by atoms with Gasteiger partial charge >= 0.3 is 0 Å². The van der Waals surface area contributed by atoms with Gasteiger partial charge in [-0.2, -0.15) is 0 Å². The van der Waals surface area contributed by atoms with Gasteiger partial charge < -0.3 is 10.2 Å². The summed E-state index contributed by atoms with van der Waals surface area (Å²) in [6, 6.07) is 0. The molecule has 0 saturated carbocycles. The molecular weight excluding hydrogens is 395 g/mol. The van der Waals surface area contributed by atoms with E-state index in [4.69, 9.17) is 4.99 Å². The smallest absolute Gasteiger partial charge is 0.194 e. The molecule has 0 bridgehead atoms. The number of nitrogens with zero attached hydrogens (tertiary/aromatic N) is 3. The maximum absolute atomic E-state index is 4.82. The van der Waals surface area contributed by atoms with E-state index in [2.05, 4.69) is 42.9 Å². The third kappa shape index (κ3) is 5.39. The Bertz CT molecular complexity index is 472. The zero-order valence-corrected chi connectivity index (χ0v) is 16.6. The largest absolute Gasteiger partial charge is 0.357 e. The van der Waals surface area contributed by atoms with Gasteiger partial charge in [-0.25, -0.2) is 9.98 Å². The molecule has 2 heterocycles. The van der Waals surface area contributed by atoms with Gasteiger partial charge in [0.1, 0.15) is 0 Å². The highest BCUT2D eigenvalue weighted by molar-refractivity contribution is 14.0. The molecule has 0 aromatic carbocycles. The van der Waals surface area contributed by atoms with Gasteiger partial charge in [-0.1, -0.05) is 6.92 Å². The molecule has 0 spiro atoms. The van der Waals surface area contributed by atoms with Crippen LogP contribution in [0.25, 0.3) is 0 Å². The first kappa shape index (κ1) is 18.7. The number of aliphatic imine (C=N–C) groups is 1. The number of piperidine rings is 1. The van der Waals surface area contributed by atoms with E-state index in [1.165, 1.54) is 17.7 Å². The first-order chi connectivity index (χ1) is 9.60. The van der Waals surface area contributed by atoms with Crippen molar-refractivity contribution in [1.29, 1.82) is 0 Å². The van der Waals surface area contributed by atoms with Crippen LogP contribution in [0.2, 0.25) is 0 Å². The summed E-state index contributed by atoms with van der Waals surface area (Å²) in [6.45, 7) is 12.5. The number of nitrogens with one attached hydrogen (secondary N) is 1. The number of aryl methyl sites for hydroxylation is 2. The van der Waals surface area contributed by atoms with Crippen molar-refractivity contribution in [2.75, 3.05) is 19.6 Å². The fourth-order valence-corrected chi connectivity index (χ4v) is 3.54. The highest BCUT2D eigenvalue weighted by Crippen LogP contribution is 2.19. The van der Waals surface area contributed by atoms with Crippen LogP contribution in [0.15, 0.2) is 4.99 Å². The van der Waals surface area contributed by atoms with Crippen LogP contribution in [0.1, 0.15) is 42.3 Å². The van der Waals surface area contributed by atoms with E-state index in [0.29, 0.717) is 0 Å². The van der Waals surface area contributed by atoms with Gasteiger partial charge in [0.2, 0.25) is 0 Å². The second-order valence-corrected chi connectivity index (χ2v) is 6.89. The Morgan fingerprint density at radius 1 is 1.48 bits per heavy atom. The van der Waals surface area contributed by atoms with E-state index in [1.807, 2.05) is 0 Å². The molecule has 4 nitrogen and oxygen atoms in total. The van der Waals surface area contributed by atoms with Crippen molar-refractivity contribution >= 4 is 41.3 Å². The summed E-state index contributed by atoms with van der Waals surface area (Å²) < 4.78 is 0. The molecule has 1 fully saturated rings. The van der Waals surface area contributed by atoms with Crippen LogP contribution in [-0.4, -0.2) is 35.5 Å². The SMILES string of the molecule is CCNC(=NCc1sc(C)nc1C)N1CCCC(C)C1.I. The lowest BCUT2D eigenvalue weighted by Crippen LogP contribution is -2.46. The van der Waals surface area contributed by atoms with Gasteiger partial charge in [-0.15, -0.1) is 35.3 Å². The lowest BCUT2D eigenvalue weighted by molar-refractivity contribution is 0.266. The predicted molar refractivity (Wildman–Crippen MR) is 102 cm³/mol. The highest BCUT2D eigenvalue weighted by Gasteiger charge is 2.19. The summed E-state index contributed by atoms with van der Waals surface area (Å²) >= 11 is 1.76. The first-order valence-electron chi connectivity index (χ1n) is 7.56. The number of guanidine groups is 1. The number of halogens is 1. The van der Waals surface area contributed by atoms with Crippen molar-refractivity contribution in [2.45, 2.75) is 47.1 Å². The number of hydrogen-bond donors (Lipinski definition) is 1. The molecule has 0 radical (unpaired) electrons. The molecule has 6 heteroatoms. The molecule has 0 amide bonds. The quantitative estimate of drug-likeness (QED) is 0.460. The zero-order chi connectivity index (χ0) is 14.5. The molecule has 1 aromatic rings. The van der Waals surface area contributed by atoms with Crippen LogP contribution in [-0.2, 0) is 6.54 Å². The first-order valence-corrected chi connectivity index (χ1v) is 8.38. The van der Waals surface area contributed by atoms with Crippen molar-refractivity contribution in [2.24, 2.45) is 10.9 Å². The molecule has 1 aromatic heterocycles. The van der Waals surface area contributed by atoms with Crippen LogP contribution in [0.3, 0.4) is 0 Å². The van der Waals surface area contributed by atoms with Crippen molar-refractivity contribution in [1.82, 2.24) is 15.2 Å². The Balaban J connectivity index is 0.00000220. The van der Waals surface area contributed by atoms with Crippen LogP contribution >= 0.6 is 35.3 Å². The van der Waals surface area contributed by atoms with E-state index < -0.39 is 0 Å². The molecule has 1 atom stereocenters. The number of likely N-dealkylation sites (tertiary alicyclic amines) is 1. The molecule has 21 heavy (non-hydrogen) atoms. The minimum Gasteiger partial charge on any atom is -0.357 e. The standard InChI is InChI=1S/C15H26N4S.HI/c1-5-16-15(19-8-6-7-11(2)10-19)17-9-14-12(3)18-13(4)20-14;/h11H,5-10H2,1-4H3,(H,16,17);1H. The molecule has 1 saturated heterocycles. The van der Waals surface area contributed by atoms with Gasteiger partial charge in [0, 0.05) is 24.5 Å². The number of rotatable bonds is 3. The highest BCUT2D eigenvalue weighted by atomic mass is 127. The normalized spacial score (nSPS) is 19.3. The van der Waals surface area contributed by atoms with Gasteiger partial charge in [-0.3, -0.25) is 0 Å². The minimum atomic E-state index is 0. The van der Waals surface area contributed by atoms with E-state index >= 15 is 0 Å². The number of aromatic nitrogens is 1. The zero-order valence-electron chi connectivity index (χ0n) is 13.5. The summed E-state index contributed by atoms with van der Waals surface area (Å²) in [5.41, 5.74) is 1.12. The summed E-state index contributed by atoms with van der Waals surface area (Å²) in [5.74, 6) is 1.82. The number of hydrogen-bond acceptors (Lipinski definition) is 3. The topological polar surface area (TPSA) is 40.5 Å². The number of thiazole rings is 1. The van der Waals surface area contributed by atoms with E-state index in [9.17, 15) is 0 Å². The molecule has 2 rings (SSSR count). The summed E-state index contributed by atoms with van der Waals surface area (Å²) in [6.07, 6.45) is 2.60. The minimum absolute atomic E-state index is 0. The molecular formula is C15H27IN4S. The Morgan fingerprint density at radius 2 is 2.24 bits per heavy atom. The van der Waals surface area contributed by atoms with Crippen molar-refractivity contribution in [3.05, 3.63) is 15.6 Å². The Morgan fingerprint density at radius 3 is 2.81 bits per heavy atom. The second-order valence-electron chi connectivity index (χ2n) is 5.61. The van der Waals surface area contributed by atoms with Gasteiger partial charge in [0.15, 0.2) is 5.96 Å². The molecule has 0 aliphatic carbocycles. The van der Waals surface area contributed by atoms with E-state index in [1.54, 1.807) is 11.3 Å². The average Bonchev–Trinajstić information content (AvgIpc) is 2.73. The lowest BCUT2D eigenvalue weighted by atomic mass is 10.0. The lowest BCUT2D eigenvalue weighted by Gasteiger charge is -2.33. The fourth-order valence-electron chi connectivity index (χ4n) is 2.67. The average molecular weight is 422 g/mol. The Kier molecular flexibility index (Phi) is 7.94. The molecule has 1 N–H and O–H groups in total. The Labute approximate surface area is 149 Å². The molecule has 1 unspecified atom stereocenters. The molecule has 120 valence electrons. The summed E-state index contributed by atoms with van der Waals surface area (Å²) in [4.78, 5) is 13.0. The van der Waals surface area contributed by atoms with Crippen LogP contribution in [0.4, 0.5) is 0 Å². The molecule has 1 aliphatic heterocycles. The van der Waals surface area contributed by atoms with Crippen molar-refractivity contribution in [3.8, 4) is 0 Å². The molecule has 1 aliphatic rings. The van der Waals surface area contributed by atoms with Gasteiger partial charge in [0.05, 0.1) is 17.2 Å². The predicted octanol–water partition coefficient (Wildman–Crippen LogP) is 3.58. The van der Waals surface area contributed by atoms with Crippen LogP contribution in [0.5, 0.6) is 0 Å². The van der Waals surface area contributed by atoms with Crippen LogP contribution in [0, 0.1) is 19.8 Å². The van der Waals surface area contributed by atoms with Crippen molar-refractivity contribution < 1.29 is 0 Å². The maximum atomic E-state index is 4.82. The maximum Gasteiger partial charge on any atom is 0.194 e. The third-order valence-electron chi connectivity index (χ3n) is 3.66. The van der Waals surface area contributed by atoms with Gasteiger partial charge in [0.25, 0.3) is 0 Å². The van der Waals surface area contributed by atoms with E-state index in [0.717, 1.165) is 48.8 Å². The van der Waals surface area contributed by atoms with Crippen LogP contribution < -0.4 is 5.32 Å². The fraction of sp³-hybridized carbons (Fsp3) is 0.733. The second kappa shape index (κ2) is 8.92. The van der Waals surface area contributed by atoms with E-state index in [-0.39, 0.29) is 24.0 Å². The summed E-state index contributed by atoms with van der Waals surface area (Å²) in [5, 5.41) is 4.56. The monoisotopic (exact) mass is 422 g/mol.